The van der Waals surface area contributed by atoms with Crippen LogP contribution in [0.3, 0.4) is 0 Å². The van der Waals surface area contributed by atoms with E-state index in [1.807, 2.05) is 6.26 Å². The monoisotopic (exact) mass is 305 g/mol. The van der Waals surface area contributed by atoms with Gasteiger partial charge in [-0.2, -0.15) is 0 Å². The molecule has 2 rings (SSSR count). The van der Waals surface area contributed by atoms with E-state index in [9.17, 15) is 9.90 Å². The molecule has 0 spiro atoms. The number of thioether (sulfide) groups is 2. The second-order valence-electron chi connectivity index (χ2n) is 4.13. The minimum absolute atomic E-state index is 0.237. The van der Waals surface area contributed by atoms with Crippen molar-refractivity contribution >= 4 is 40.8 Å². The molecule has 0 saturated heterocycles. The highest BCUT2D eigenvalue weighted by Crippen LogP contribution is 2.42. The zero-order valence-corrected chi connectivity index (χ0v) is 12.6. The van der Waals surface area contributed by atoms with E-state index in [0.717, 1.165) is 21.5 Å². The fourth-order valence-electron chi connectivity index (χ4n) is 1.83. The summed E-state index contributed by atoms with van der Waals surface area (Å²) in [5.74, 6) is -0.0398. The Morgan fingerprint density at radius 2 is 2.22 bits per heavy atom. The summed E-state index contributed by atoms with van der Waals surface area (Å²) in [6.45, 7) is 0. The second-order valence-corrected chi connectivity index (χ2v) is 7.38. The van der Waals surface area contributed by atoms with E-state index in [1.54, 1.807) is 18.8 Å². The number of nitrogens with one attached hydrogen (secondary N) is 1. The van der Waals surface area contributed by atoms with Crippen LogP contribution in [0, 0.1) is 5.92 Å². The average molecular weight is 305 g/mol. The van der Waals surface area contributed by atoms with Crippen LogP contribution in [-0.4, -0.2) is 45.9 Å². The number of rotatable bonds is 7. The van der Waals surface area contributed by atoms with Crippen LogP contribution >= 0.6 is 34.9 Å². The molecule has 18 heavy (non-hydrogen) atoms. The zero-order chi connectivity index (χ0) is 13.2. The molecule has 1 heterocycles. The minimum Gasteiger partial charge on any atom is -0.480 e. The van der Waals surface area contributed by atoms with Gasteiger partial charge in [0.15, 0.2) is 8.68 Å². The summed E-state index contributed by atoms with van der Waals surface area (Å²) >= 11 is 4.54. The average Bonchev–Trinajstić information content (AvgIpc) is 3.10. The van der Waals surface area contributed by atoms with E-state index >= 15 is 0 Å². The van der Waals surface area contributed by atoms with Gasteiger partial charge >= 0.3 is 5.97 Å². The standard InChI is InChI=1S/C10H15N3O2S3/c1-11-10(7(14)15,6-3-4-6)5-17-9-13-12-8(16-2)18-9/h6,11H,3-5H2,1-2H3,(H,14,15). The Bertz CT molecular complexity index is 436. The van der Waals surface area contributed by atoms with Gasteiger partial charge in [-0.05, 0) is 32.1 Å². The number of carbonyl (C=O) groups is 1. The molecule has 8 heteroatoms. The molecule has 0 aliphatic heterocycles. The van der Waals surface area contributed by atoms with Gasteiger partial charge in [0.05, 0.1) is 0 Å². The lowest BCUT2D eigenvalue weighted by Gasteiger charge is -2.28. The molecule has 1 atom stereocenters. The molecule has 1 saturated carbocycles. The Labute approximate surface area is 118 Å². The van der Waals surface area contributed by atoms with Crippen LogP contribution in [0.4, 0.5) is 0 Å². The van der Waals surface area contributed by atoms with Crippen molar-refractivity contribution in [1.29, 1.82) is 0 Å². The van der Waals surface area contributed by atoms with Crippen LogP contribution in [0.5, 0.6) is 0 Å². The van der Waals surface area contributed by atoms with Crippen LogP contribution in [-0.2, 0) is 4.79 Å². The Morgan fingerprint density at radius 1 is 1.56 bits per heavy atom. The smallest absolute Gasteiger partial charge is 0.325 e. The van der Waals surface area contributed by atoms with Crippen LogP contribution in [0.2, 0.25) is 0 Å². The predicted molar refractivity (Wildman–Crippen MR) is 74.6 cm³/mol. The topological polar surface area (TPSA) is 75.1 Å². The molecule has 0 radical (unpaired) electrons. The van der Waals surface area contributed by atoms with Crippen molar-refractivity contribution in [2.24, 2.45) is 5.92 Å². The molecule has 1 aromatic heterocycles. The number of hydrogen-bond acceptors (Lipinski definition) is 7. The molecule has 100 valence electrons. The number of aromatic nitrogens is 2. The summed E-state index contributed by atoms with van der Waals surface area (Å²) < 4.78 is 1.75. The molecule has 1 aromatic rings. The summed E-state index contributed by atoms with van der Waals surface area (Å²) in [6.07, 6.45) is 3.92. The maximum atomic E-state index is 11.5. The van der Waals surface area contributed by atoms with Gasteiger partial charge in [0, 0.05) is 5.75 Å². The van der Waals surface area contributed by atoms with Crippen molar-refractivity contribution in [3.05, 3.63) is 0 Å². The summed E-state index contributed by atoms with van der Waals surface area (Å²) in [5.41, 5.74) is -0.824. The molecule has 2 N–H and O–H groups in total. The third kappa shape index (κ3) is 2.81. The van der Waals surface area contributed by atoms with Crippen molar-refractivity contribution in [2.45, 2.75) is 27.1 Å². The van der Waals surface area contributed by atoms with E-state index in [2.05, 4.69) is 15.5 Å². The van der Waals surface area contributed by atoms with Crippen molar-refractivity contribution < 1.29 is 9.90 Å². The lowest BCUT2D eigenvalue weighted by molar-refractivity contribution is -0.144. The molecule has 1 unspecified atom stereocenters. The fraction of sp³-hybridized carbons (Fsp3) is 0.700. The van der Waals surface area contributed by atoms with Crippen molar-refractivity contribution in [1.82, 2.24) is 15.5 Å². The maximum absolute atomic E-state index is 11.5. The lowest BCUT2D eigenvalue weighted by Crippen LogP contribution is -2.54. The van der Waals surface area contributed by atoms with Gasteiger partial charge in [0.25, 0.3) is 0 Å². The van der Waals surface area contributed by atoms with Crippen molar-refractivity contribution in [3.8, 4) is 0 Å². The number of aliphatic carboxylic acids is 1. The van der Waals surface area contributed by atoms with Gasteiger partial charge in [-0.25, -0.2) is 0 Å². The van der Waals surface area contributed by atoms with Crippen molar-refractivity contribution in [3.63, 3.8) is 0 Å². The zero-order valence-electron chi connectivity index (χ0n) is 10.2. The first-order valence-corrected chi connectivity index (χ1v) is 8.57. The molecule has 1 aliphatic rings. The Morgan fingerprint density at radius 3 is 2.67 bits per heavy atom. The molecule has 1 aliphatic carbocycles. The summed E-state index contributed by atoms with van der Waals surface area (Å²) in [4.78, 5) is 11.5. The molecule has 0 amide bonds. The molecular weight excluding hydrogens is 290 g/mol. The van der Waals surface area contributed by atoms with Gasteiger partial charge in [0.1, 0.15) is 5.54 Å². The Balaban J connectivity index is 2.03. The van der Waals surface area contributed by atoms with E-state index in [4.69, 9.17) is 0 Å². The first-order chi connectivity index (χ1) is 8.62. The SMILES string of the molecule is CNC(CSc1nnc(SC)s1)(C(=O)O)C1CC1. The third-order valence-corrected chi connectivity index (χ3v) is 6.31. The summed E-state index contributed by atoms with van der Waals surface area (Å²) in [5, 5.41) is 20.5. The van der Waals surface area contributed by atoms with Crippen molar-refractivity contribution in [2.75, 3.05) is 19.1 Å². The minimum atomic E-state index is -0.824. The van der Waals surface area contributed by atoms with Gasteiger partial charge in [-0.1, -0.05) is 34.9 Å². The fourth-order valence-corrected chi connectivity index (χ4v) is 4.59. The van der Waals surface area contributed by atoms with E-state index in [0.29, 0.717) is 5.75 Å². The number of nitrogens with zero attached hydrogens (tertiary/aromatic N) is 2. The molecule has 0 bridgehead atoms. The lowest BCUT2D eigenvalue weighted by atomic mass is 9.96. The van der Waals surface area contributed by atoms with Gasteiger partial charge in [-0.3, -0.25) is 4.79 Å². The summed E-state index contributed by atoms with van der Waals surface area (Å²) in [7, 11) is 1.72. The quantitative estimate of drug-likeness (QED) is 0.744. The first-order valence-electron chi connectivity index (χ1n) is 5.55. The van der Waals surface area contributed by atoms with E-state index in [-0.39, 0.29) is 5.92 Å². The number of carboxylic acid groups (broad SMARTS) is 1. The highest BCUT2D eigenvalue weighted by atomic mass is 32.2. The molecule has 0 aromatic carbocycles. The maximum Gasteiger partial charge on any atom is 0.325 e. The van der Waals surface area contributed by atoms with Crippen LogP contribution in [0.1, 0.15) is 12.8 Å². The highest BCUT2D eigenvalue weighted by Gasteiger charge is 2.50. The van der Waals surface area contributed by atoms with Gasteiger partial charge in [0.2, 0.25) is 0 Å². The number of hydrogen-bond donors (Lipinski definition) is 2. The van der Waals surface area contributed by atoms with Crippen LogP contribution < -0.4 is 5.32 Å². The van der Waals surface area contributed by atoms with Gasteiger partial charge < -0.3 is 10.4 Å². The van der Waals surface area contributed by atoms with Crippen LogP contribution in [0.15, 0.2) is 8.68 Å². The van der Waals surface area contributed by atoms with Crippen LogP contribution in [0.25, 0.3) is 0 Å². The molecule has 5 nitrogen and oxygen atoms in total. The van der Waals surface area contributed by atoms with Gasteiger partial charge in [-0.15, -0.1) is 10.2 Å². The normalized spacial score (nSPS) is 18.6. The predicted octanol–water partition coefficient (Wildman–Crippen LogP) is 1.80. The second kappa shape index (κ2) is 5.77. The largest absolute Gasteiger partial charge is 0.480 e. The molecule has 1 fully saturated rings. The summed E-state index contributed by atoms with van der Waals surface area (Å²) in [6, 6.07) is 0. The Kier molecular flexibility index (Phi) is 4.52. The first kappa shape index (κ1) is 14.1. The third-order valence-electron chi connectivity index (χ3n) is 3.09. The van der Waals surface area contributed by atoms with E-state index < -0.39 is 11.5 Å². The highest BCUT2D eigenvalue weighted by molar-refractivity contribution is 8.03. The Hall–Kier alpha value is -0.310. The number of likely N-dealkylation sites (N-methyl/N-ethyl adjacent to an activating group) is 1. The van der Waals surface area contributed by atoms with E-state index in [1.165, 1.54) is 23.1 Å². The number of carboxylic acids is 1. The molecular formula is C10H15N3O2S3.